The van der Waals surface area contributed by atoms with Crippen LogP contribution in [0.5, 0.6) is 5.75 Å². The number of H-pyrrole nitrogens is 1. The van der Waals surface area contributed by atoms with Gasteiger partial charge in [-0.25, -0.2) is 14.6 Å². The van der Waals surface area contributed by atoms with Crippen LogP contribution in [0.25, 0.3) is 11.4 Å². The van der Waals surface area contributed by atoms with E-state index >= 15 is 0 Å². The van der Waals surface area contributed by atoms with Crippen molar-refractivity contribution in [2.75, 3.05) is 10.6 Å². The number of hydrogen-bond acceptors (Lipinski definition) is 6. The Labute approximate surface area is 169 Å². The Bertz CT molecular complexity index is 1220. The third-order valence-electron chi connectivity index (χ3n) is 4.02. The maximum atomic E-state index is 12.3. The summed E-state index contributed by atoms with van der Waals surface area (Å²) in [7, 11) is 0. The maximum absolute atomic E-state index is 12.3. The van der Waals surface area contributed by atoms with Crippen LogP contribution in [0.2, 0.25) is 0 Å². The van der Waals surface area contributed by atoms with E-state index < -0.39 is 29.0 Å². The van der Waals surface area contributed by atoms with Crippen molar-refractivity contribution in [3.8, 4) is 17.1 Å². The summed E-state index contributed by atoms with van der Waals surface area (Å²) in [6.45, 7) is 1.42. The second-order valence-electron chi connectivity index (χ2n) is 6.21. The second-order valence-corrected chi connectivity index (χ2v) is 6.21. The van der Waals surface area contributed by atoms with Crippen LogP contribution in [0.1, 0.15) is 27.8 Å². The van der Waals surface area contributed by atoms with E-state index in [1.807, 2.05) is 0 Å². The number of urea groups is 1. The number of Topliss-reactive ketones (excluding diaryl/α,β-unsaturated/α-hetero) is 1. The first-order valence-electron chi connectivity index (χ1n) is 8.60. The number of aromatic nitrogens is 2. The first kappa shape index (κ1) is 20.3. The van der Waals surface area contributed by atoms with Gasteiger partial charge < -0.3 is 25.8 Å². The van der Waals surface area contributed by atoms with Crippen LogP contribution in [-0.4, -0.2) is 38.0 Å². The van der Waals surface area contributed by atoms with Gasteiger partial charge in [-0.3, -0.25) is 9.59 Å². The molecule has 3 aromatic rings. The Morgan fingerprint density at radius 1 is 1.00 bits per heavy atom. The van der Waals surface area contributed by atoms with Gasteiger partial charge in [-0.05, 0) is 31.2 Å². The Morgan fingerprint density at radius 3 is 2.27 bits per heavy atom. The summed E-state index contributed by atoms with van der Waals surface area (Å²) in [5.41, 5.74) is -0.265. The predicted octanol–water partition coefficient (Wildman–Crippen LogP) is 2.69. The highest BCUT2D eigenvalue weighted by molar-refractivity contribution is 6.01. The molecule has 0 fully saturated rings. The number of rotatable bonds is 5. The molecule has 0 spiro atoms. The van der Waals surface area contributed by atoms with Crippen molar-refractivity contribution in [2.24, 2.45) is 0 Å². The first-order chi connectivity index (χ1) is 14.2. The largest absolute Gasteiger partial charge is 0.501 e. The fourth-order valence-electron chi connectivity index (χ4n) is 2.61. The number of hydrogen-bond donors (Lipinski definition) is 5. The molecule has 0 radical (unpaired) electrons. The Kier molecular flexibility index (Phi) is 5.59. The zero-order chi connectivity index (χ0) is 21.8. The van der Waals surface area contributed by atoms with E-state index in [4.69, 9.17) is 5.11 Å². The summed E-state index contributed by atoms with van der Waals surface area (Å²) in [6.07, 6.45) is 0. The van der Waals surface area contributed by atoms with Crippen molar-refractivity contribution in [3.63, 3.8) is 0 Å². The number of benzene rings is 2. The first-order valence-corrected chi connectivity index (χ1v) is 8.60. The molecule has 1 heterocycles. The third kappa shape index (κ3) is 4.50. The number of aromatic carboxylic acids is 1. The molecule has 0 bridgehead atoms. The molecule has 10 nitrogen and oxygen atoms in total. The number of amides is 2. The highest BCUT2D eigenvalue weighted by Crippen LogP contribution is 2.21. The lowest BCUT2D eigenvalue weighted by Crippen LogP contribution is -2.19. The average molecular weight is 408 g/mol. The number of nitrogens with zero attached hydrogens (tertiary/aromatic N) is 1. The highest BCUT2D eigenvalue weighted by atomic mass is 16.4. The lowest BCUT2D eigenvalue weighted by molar-refractivity contribution is 0.0686. The van der Waals surface area contributed by atoms with Gasteiger partial charge in [0.25, 0.3) is 5.56 Å². The lowest BCUT2D eigenvalue weighted by Gasteiger charge is -2.10. The number of aromatic amines is 1. The normalized spacial score (nSPS) is 10.3. The second kappa shape index (κ2) is 8.27. The maximum Gasteiger partial charge on any atom is 0.358 e. The van der Waals surface area contributed by atoms with Crippen LogP contribution in [0, 0.1) is 0 Å². The molecule has 0 saturated heterocycles. The number of carbonyl (C=O) groups excluding carboxylic acids is 2. The van der Waals surface area contributed by atoms with Gasteiger partial charge in [-0.2, -0.15) is 0 Å². The van der Waals surface area contributed by atoms with Gasteiger partial charge in [-0.15, -0.1) is 0 Å². The minimum Gasteiger partial charge on any atom is -0.501 e. The summed E-state index contributed by atoms with van der Waals surface area (Å²) in [5.74, 6) is -2.77. The van der Waals surface area contributed by atoms with Crippen LogP contribution < -0.4 is 16.2 Å². The van der Waals surface area contributed by atoms with E-state index in [1.54, 1.807) is 36.4 Å². The van der Waals surface area contributed by atoms with Crippen molar-refractivity contribution in [2.45, 2.75) is 6.92 Å². The molecule has 0 atom stereocenters. The van der Waals surface area contributed by atoms with Gasteiger partial charge in [-0.1, -0.05) is 24.3 Å². The van der Waals surface area contributed by atoms with Gasteiger partial charge in [0, 0.05) is 22.5 Å². The number of ketones is 1. The summed E-state index contributed by atoms with van der Waals surface area (Å²) in [4.78, 5) is 52.7. The molecular weight excluding hydrogens is 392 g/mol. The molecule has 152 valence electrons. The van der Waals surface area contributed by atoms with Gasteiger partial charge in [0.2, 0.25) is 5.75 Å². The van der Waals surface area contributed by atoms with Crippen molar-refractivity contribution in [1.29, 1.82) is 0 Å². The number of carboxylic acids is 1. The number of carboxylic acid groups (broad SMARTS) is 1. The van der Waals surface area contributed by atoms with E-state index in [0.717, 1.165) is 0 Å². The highest BCUT2D eigenvalue weighted by Gasteiger charge is 2.17. The molecule has 30 heavy (non-hydrogen) atoms. The standard InChI is InChI=1S/C20H16N4O6/c1-10(25)11-4-2-6-13(8-11)21-20(30)22-14-7-3-5-12(9-14)17-23-15(19(28)29)16(26)18(27)24-17/h2-9,26H,1H3,(H,28,29)(H2,21,22,30)(H,23,24,27). The van der Waals surface area contributed by atoms with E-state index in [2.05, 4.69) is 20.6 Å². The number of nitrogens with one attached hydrogen (secondary N) is 3. The van der Waals surface area contributed by atoms with Gasteiger partial charge in [0.1, 0.15) is 5.82 Å². The topological polar surface area (TPSA) is 161 Å². The molecule has 2 amide bonds. The molecule has 2 aromatic carbocycles. The van der Waals surface area contributed by atoms with Crippen LogP contribution in [-0.2, 0) is 0 Å². The van der Waals surface area contributed by atoms with E-state index in [0.29, 0.717) is 22.5 Å². The van der Waals surface area contributed by atoms with E-state index in [1.165, 1.54) is 19.1 Å². The zero-order valence-electron chi connectivity index (χ0n) is 15.6. The van der Waals surface area contributed by atoms with Crippen molar-refractivity contribution < 1.29 is 24.6 Å². The van der Waals surface area contributed by atoms with Crippen molar-refractivity contribution >= 4 is 29.2 Å². The van der Waals surface area contributed by atoms with Crippen molar-refractivity contribution in [3.05, 3.63) is 70.1 Å². The molecule has 0 aliphatic carbocycles. The number of anilines is 2. The van der Waals surface area contributed by atoms with Crippen LogP contribution in [0.4, 0.5) is 16.2 Å². The van der Waals surface area contributed by atoms with E-state index in [9.17, 15) is 24.3 Å². The number of carbonyl (C=O) groups is 3. The Morgan fingerprint density at radius 2 is 1.63 bits per heavy atom. The fraction of sp³-hybridized carbons (Fsp3) is 0.0500. The Balaban J connectivity index is 1.82. The van der Waals surface area contributed by atoms with Crippen LogP contribution in [0.15, 0.2) is 53.3 Å². The predicted molar refractivity (Wildman–Crippen MR) is 108 cm³/mol. The molecule has 0 aliphatic heterocycles. The van der Waals surface area contributed by atoms with Crippen LogP contribution in [0.3, 0.4) is 0 Å². The smallest absolute Gasteiger partial charge is 0.358 e. The van der Waals surface area contributed by atoms with Gasteiger partial charge in [0.15, 0.2) is 11.5 Å². The molecule has 0 unspecified atom stereocenters. The molecule has 5 N–H and O–H groups in total. The zero-order valence-corrected chi connectivity index (χ0v) is 15.6. The Hall–Kier alpha value is -4.47. The third-order valence-corrected chi connectivity index (χ3v) is 4.02. The fourth-order valence-corrected chi connectivity index (χ4v) is 2.61. The minimum atomic E-state index is -1.55. The SMILES string of the molecule is CC(=O)c1cccc(NC(=O)Nc2cccc(-c3nc(C(=O)O)c(O)c(=O)[nH]3)c2)c1. The molecule has 0 aliphatic rings. The summed E-state index contributed by atoms with van der Waals surface area (Å²) in [6, 6.07) is 12.0. The quantitative estimate of drug-likeness (QED) is 0.405. The van der Waals surface area contributed by atoms with Gasteiger partial charge in [0.05, 0.1) is 0 Å². The number of aromatic hydroxyl groups is 1. The van der Waals surface area contributed by atoms with Gasteiger partial charge >= 0.3 is 12.0 Å². The molecule has 10 heteroatoms. The molecule has 1 aromatic heterocycles. The minimum absolute atomic E-state index is 0.0894. The monoisotopic (exact) mass is 408 g/mol. The molecular formula is C20H16N4O6. The van der Waals surface area contributed by atoms with E-state index in [-0.39, 0.29) is 11.6 Å². The lowest BCUT2D eigenvalue weighted by atomic mass is 10.1. The van der Waals surface area contributed by atoms with Crippen LogP contribution >= 0.6 is 0 Å². The molecule has 3 rings (SSSR count). The summed E-state index contributed by atoms with van der Waals surface area (Å²) >= 11 is 0. The molecule has 0 saturated carbocycles. The summed E-state index contributed by atoms with van der Waals surface area (Å²) < 4.78 is 0. The average Bonchev–Trinajstić information content (AvgIpc) is 2.70. The summed E-state index contributed by atoms with van der Waals surface area (Å²) in [5, 5.41) is 23.8. The van der Waals surface area contributed by atoms with Crippen molar-refractivity contribution in [1.82, 2.24) is 9.97 Å².